The molecule has 2 bridgehead atoms. The van der Waals surface area contributed by atoms with Crippen molar-refractivity contribution in [2.45, 2.75) is 31.3 Å². The Morgan fingerprint density at radius 3 is 2.67 bits per heavy atom. The smallest absolute Gasteiger partial charge is 0.216 e. The van der Waals surface area contributed by atoms with E-state index >= 15 is 0 Å². The van der Waals surface area contributed by atoms with E-state index in [4.69, 9.17) is 5.14 Å². The summed E-state index contributed by atoms with van der Waals surface area (Å²) >= 11 is 0. The van der Waals surface area contributed by atoms with E-state index in [1.165, 1.54) is 4.31 Å². The van der Waals surface area contributed by atoms with Crippen LogP contribution in [0.25, 0.3) is 0 Å². The van der Waals surface area contributed by atoms with Gasteiger partial charge in [-0.1, -0.05) is 12.2 Å². The average molecular weight is 188 g/mol. The molecule has 68 valence electrons. The Kier molecular flexibility index (Phi) is 1.75. The van der Waals surface area contributed by atoms with Crippen LogP contribution in [-0.4, -0.2) is 24.8 Å². The molecule has 0 spiro atoms. The molecule has 4 nitrogen and oxygen atoms in total. The van der Waals surface area contributed by atoms with E-state index in [9.17, 15) is 8.42 Å². The van der Waals surface area contributed by atoms with Crippen LogP contribution in [0.5, 0.6) is 0 Å². The van der Waals surface area contributed by atoms with Crippen molar-refractivity contribution >= 4 is 10.2 Å². The molecule has 0 aromatic carbocycles. The third-order valence-corrected chi connectivity index (χ3v) is 3.70. The Morgan fingerprint density at radius 2 is 2.17 bits per heavy atom. The fourth-order valence-electron chi connectivity index (χ4n) is 2.08. The number of hydrogen-bond acceptors (Lipinski definition) is 2. The summed E-state index contributed by atoms with van der Waals surface area (Å²) in [6.45, 7) is 0. The molecule has 12 heavy (non-hydrogen) atoms. The van der Waals surface area contributed by atoms with Gasteiger partial charge in [-0.15, -0.1) is 0 Å². The Bertz CT molecular complexity index is 309. The number of nitrogens with two attached hydrogens (primary N) is 1. The predicted octanol–water partition coefficient (Wildman–Crippen LogP) is -0.0172. The van der Waals surface area contributed by atoms with Crippen LogP contribution in [0.15, 0.2) is 12.2 Å². The first kappa shape index (κ1) is 8.22. The lowest BCUT2D eigenvalue weighted by Gasteiger charge is -2.27. The summed E-state index contributed by atoms with van der Waals surface area (Å²) < 4.78 is 23.7. The van der Waals surface area contributed by atoms with Crippen molar-refractivity contribution < 1.29 is 8.42 Å². The van der Waals surface area contributed by atoms with Crippen molar-refractivity contribution in [3.63, 3.8) is 0 Å². The van der Waals surface area contributed by atoms with Crippen LogP contribution in [0.1, 0.15) is 19.3 Å². The summed E-state index contributed by atoms with van der Waals surface area (Å²) in [6.07, 6.45) is 6.65. The molecule has 5 heteroatoms. The highest BCUT2D eigenvalue weighted by Crippen LogP contribution is 2.32. The molecule has 2 unspecified atom stereocenters. The van der Waals surface area contributed by atoms with E-state index in [1.807, 2.05) is 12.2 Å². The van der Waals surface area contributed by atoms with Gasteiger partial charge in [0.05, 0.1) is 0 Å². The van der Waals surface area contributed by atoms with Gasteiger partial charge < -0.3 is 0 Å². The highest BCUT2D eigenvalue weighted by atomic mass is 32.2. The van der Waals surface area contributed by atoms with Gasteiger partial charge in [-0.2, -0.15) is 12.7 Å². The molecular formula is C7H12N2O2S. The zero-order valence-corrected chi connectivity index (χ0v) is 7.50. The van der Waals surface area contributed by atoms with Crippen LogP contribution < -0.4 is 5.14 Å². The van der Waals surface area contributed by atoms with E-state index in [0.717, 1.165) is 19.3 Å². The molecule has 2 atom stereocenters. The second-order valence-electron chi connectivity index (χ2n) is 3.34. The van der Waals surface area contributed by atoms with Crippen LogP contribution in [0.3, 0.4) is 0 Å². The highest BCUT2D eigenvalue weighted by molar-refractivity contribution is 7.86. The van der Waals surface area contributed by atoms with Crippen LogP contribution in [-0.2, 0) is 10.2 Å². The van der Waals surface area contributed by atoms with E-state index in [2.05, 4.69) is 0 Å². The summed E-state index contributed by atoms with van der Waals surface area (Å²) in [4.78, 5) is 0. The van der Waals surface area contributed by atoms with Gasteiger partial charge in [-0.05, 0) is 19.3 Å². The summed E-state index contributed by atoms with van der Waals surface area (Å²) in [5.41, 5.74) is 0. The molecule has 2 aliphatic rings. The second kappa shape index (κ2) is 2.55. The molecule has 2 rings (SSSR count). The molecule has 0 amide bonds. The Hall–Kier alpha value is -0.390. The van der Waals surface area contributed by atoms with Gasteiger partial charge in [0.15, 0.2) is 0 Å². The second-order valence-corrected chi connectivity index (χ2v) is 4.79. The third-order valence-electron chi connectivity index (χ3n) is 2.54. The summed E-state index contributed by atoms with van der Waals surface area (Å²) in [5, 5.41) is 5.10. The fourth-order valence-corrected chi connectivity index (χ4v) is 3.24. The van der Waals surface area contributed by atoms with Crippen molar-refractivity contribution in [3.05, 3.63) is 12.2 Å². The topological polar surface area (TPSA) is 63.4 Å². The molecule has 2 N–H and O–H groups in total. The normalized spacial score (nSPS) is 35.8. The van der Waals surface area contributed by atoms with Crippen molar-refractivity contribution in [1.82, 2.24) is 4.31 Å². The first-order chi connectivity index (χ1) is 5.59. The fraction of sp³-hybridized carbons (Fsp3) is 0.714. The van der Waals surface area contributed by atoms with Gasteiger partial charge in [0.1, 0.15) is 0 Å². The quantitative estimate of drug-likeness (QED) is 0.588. The third kappa shape index (κ3) is 1.18. The zero-order chi connectivity index (χ0) is 8.77. The highest BCUT2D eigenvalue weighted by Gasteiger charge is 2.39. The van der Waals surface area contributed by atoms with Crippen LogP contribution >= 0.6 is 0 Å². The lowest BCUT2D eigenvalue weighted by Crippen LogP contribution is -2.45. The Balaban J connectivity index is 2.35. The molecular weight excluding hydrogens is 176 g/mol. The summed E-state index contributed by atoms with van der Waals surface area (Å²) in [6, 6.07) is 0.147. The van der Waals surface area contributed by atoms with Crippen LogP contribution in [0, 0.1) is 0 Å². The first-order valence-corrected chi connectivity index (χ1v) is 5.57. The van der Waals surface area contributed by atoms with Gasteiger partial charge in [0.25, 0.3) is 10.2 Å². The number of nitrogens with zero attached hydrogens (tertiary/aromatic N) is 1. The van der Waals surface area contributed by atoms with Crippen molar-refractivity contribution in [3.8, 4) is 0 Å². The summed E-state index contributed by atoms with van der Waals surface area (Å²) in [7, 11) is -3.48. The lowest BCUT2D eigenvalue weighted by atomic mass is 10.2. The number of rotatable bonds is 1. The predicted molar refractivity (Wildman–Crippen MR) is 45.5 cm³/mol. The van der Waals surface area contributed by atoms with Crippen LogP contribution in [0.2, 0.25) is 0 Å². The lowest BCUT2D eigenvalue weighted by molar-refractivity contribution is 0.341. The van der Waals surface area contributed by atoms with Gasteiger partial charge >= 0.3 is 0 Å². The molecule has 2 aliphatic heterocycles. The molecule has 1 saturated heterocycles. The molecule has 2 heterocycles. The zero-order valence-electron chi connectivity index (χ0n) is 6.68. The summed E-state index contributed by atoms with van der Waals surface area (Å²) in [5.74, 6) is 0. The van der Waals surface area contributed by atoms with Crippen molar-refractivity contribution in [1.29, 1.82) is 0 Å². The Morgan fingerprint density at radius 1 is 1.42 bits per heavy atom. The standard InChI is InChI=1S/C7H12N2O2S/c8-12(10,11)9-6-2-1-3-7(9)5-4-6/h1-2,6-7H,3-5H2,(H2,8,10,11). The molecule has 0 aliphatic carbocycles. The molecule has 0 saturated carbocycles. The molecule has 0 radical (unpaired) electrons. The largest absolute Gasteiger partial charge is 0.277 e. The Labute approximate surface area is 72.2 Å². The minimum atomic E-state index is -3.48. The van der Waals surface area contributed by atoms with E-state index in [0.29, 0.717) is 0 Å². The van der Waals surface area contributed by atoms with E-state index < -0.39 is 10.2 Å². The van der Waals surface area contributed by atoms with Crippen LogP contribution in [0.4, 0.5) is 0 Å². The van der Waals surface area contributed by atoms with Crippen molar-refractivity contribution in [2.75, 3.05) is 0 Å². The van der Waals surface area contributed by atoms with Gasteiger partial charge in [0.2, 0.25) is 0 Å². The molecule has 0 aromatic rings. The SMILES string of the molecule is NS(=O)(=O)N1C2C=CCC1CC2. The maximum Gasteiger partial charge on any atom is 0.277 e. The van der Waals surface area contributed by atoms with Gasteiger partial charge in [-0.3, -0.25) is 0 Å². The monoisotopic (exact) mass is 188 g/mol. The number of fused-ring (bicyclic) bond motifs is 2. The average Bonchev–Trinajstić information content (AvgIpc) is 2.23. The maximum absolute atomic E-state index is 11.1. The molecule has 1 fully saturated rings. The van der Waals surface area contributed by atoms with E-state index in [-0.39, 0.29) is 12.1 Å². The van der Waals surface area contributed by atoms with Gasteiger partial charge in [-0.25, -0.2) is 5.14 Å². The minimum Gasteiger partial charge on any atom is -0.216 e. The minimum absolute atomic E-state index is 0.0266. The van der Waals surface area contributed by atoms with Crippen molar-refractivity contribution in [2.24, 2.45) is 5.14 Å². The maximum atomic E-state index is 11.1. The number of hydrogen-bond donors (Lipinski definition) is 1. The van der Waals surface area contributed by atoms with E-state index in [1.54, 1.807) is 0 Å². The molecule has 0 aromatic heterocycles. The first-order valence-electron chi connectivity index (χ1n) is 4.07. The van der Waals surface area contributed by atoms with Gasteiger partial charge in [0, 0.05) is 12.1 Å².